The van der Waals surface area contributed by atoms with Gasteiger partial charge < -0.3 is 14.3 Å². The topological polar surface area (TPSA) is 71.6 Å². The molecule has 3 aromatic heterocycles. The maximum absolute atomic E-state index is 10.7. The molecule has 1 N–H and O–H groups in total. The number of aromatic nitrogens is 2. The van der Waals surface area contributed by atoms with Gasteiger partial charge in [0.15, 0.2) is 0 Å². The minimum Gasteiger partial charge on any atom is -0.486 e. The van der Waals surface area contributed by atoms with Gasteiger partial charge in [0.25, 0.3) is 0 Å². The van der Waals surface area contributed by atoms with Gasteiger partial charge >= 0.3 is 0 Å². The van der Waals surface area contributed by atoms with E-state index in [-0.39, 0.29) is 6.10 Å². The van der Waals surface area contributed by atoms with E-state index in [2.05, 4.69) is 9.88 Å². The summed E-state index contributed by atoms with van der Waals surface area (Å²) in [6.07, 6.45) is 2.80. The highest BCUT2D eigenvalue weighted by molar-refractivity contribution is 7.13. The highest BCUT2D eigenvalue weighted by atomic mass is 32.1. The van der Waals surface area contributed by atoms with E-state index >= 15 is 0 Å². The van der Waals surface area contributed by atoms with E-state index < -0.39 is 6.10 Å². The van der Waals surface area contributed by atoms with Crippen LogP contribution in [0.4, 0.5) is 0 Å². The summed E-state index contributed by atoms with van der Waals surface area (Å²) in [5.41, 5.74) is 1.87. The number of fused-ring (bicyclic) bond motifs is 1. The zero-order valence-corrected chi connectivity index (χ0v) is 18.1. The summed E-state index contributed by atoms with van der Waals surface area (Å²) in [5, 5.41) is 12.7. The summed E-state index contributed by atoms with van der Waals surface area (Å²) in [6, 6.07) is 7.86. The highest BCUT2D eigenvalue weighted by Gasteiger charge is 2.43. The van der Waals surface area contributed by atoms with Gasteiger partial charge in [0.05, 0.1) is 22.4 Å². The average Bonchev–Trinajstić information content (AvgIpc) is 3.45. The minimum atomic E-state index is -0.440. The Morgan fingerprint density at radius 1 is 1.20 bits per heavy atom. The van der Waals surface area contributed by atoms with Crippen LogP contribution in [0.5, 0.6) is 5.75 Å². The number of thiophene rings is 1. The number of nitrogens with zero attached hydrogens (tertiary/aromatic N) is 3. The van der Waals surface area contributed by atoms with Crippen molar-refractivity contribution in [3.8, 4) is 16.5 Å². The lowest BCUT2D eigenvalue weighted by atomic mass is 9.78. The lowest BCUT2D eigenvalue weighted by molar-refractivity contribution is -0.0235. The van der Waals surface area contributed by atoms with Gasteiger partial charge in [-0.05, 0) is 62.1 Å². The van der Waals surface area contributed by atoms with Crippen molar-refractivity contribution in [1.29, 1.82) is 0 Å². The normalized spacial score (nSPS) is 26.6. The molecule has 6 nitrogen and oxygen atoms in total. The summed E-state index contributed by atoms with van der Waals surface area (Å²) in [4.78, 5) is 12.6. The number of hydrogen-bond acceptors (Lipinski definition) is 7. The van der Waals surface area contributed by atoms with Crippen LogP contribution >= 0.6 is 11.3 Å². The van der Waals surface area contributed by atoms with Crippen molar-refractivity contribution in [2.24, 2.45) is 11.8 Å². The third-order valence-electron chi connectivity index (χ3n) is 6.40. The molecule has 0 unspecified atom stereocenters. The summed E-state index contributed by atoms with van der Waals surface area (Å²) >= 11 is 1.64. The van der Waals surface area contributed by atoms with Gasteiger partial charge in [0.1, 0.15) is 17.6 Å². The fraction of sp³-hybridized carbons (Fsp3) is 0.478. The molecular formula is C23H27N3O3S. The standard InChI is InChI=1S/C23H27N3O3S/c1-14-20(5-3-7-24-14)29-21-10-17-12-26(11-16(17)9-19(21)27)13-18-15(2)28-23(25-18)22-6-4-8-30-22/h3-8,16-17,19,21,27H,9-13H2,1-2H3/t16-,17+,19+,21+/m0/s1. The van der Waals surface area contributed by atoms with E-state index in [1.54, 1.807) is 17.5 Å². The largest absolute Gasteiger partial charge is 0.486 e. The van der Waals surface area contributed by atoms with Crippen LogP contribution in [0.2, 0.25) is 0 Å². The molecule has 7 heteroatoms. The van der Waals surface area contributed by atoms with E-state index in [4.69, 9.17) is 14.1 Å². The molecule has 4 heterocycles. The molecule has 0 radical (unpaired) electrons. The quantitative estimate of drug-likeness (QED) is 0.665. The van der Waals surface area contributed by atoms with Crippen LogP contribution in [-0.2, 0) is 6.54 Å². The fourth-order valence-corrected chi connectivity index (χ4v) is 5.44. The van der Waals surface area contributed by atoms with Crippen molar-refractivity contribution in [3.05, 3.63) is 53.0 Å². The Morgan fingerprint density at radius 2 is 2.03 bits per heavy atom. The molecule has 1 saturated carbocycles. The predicted octanol–water partition coefficient (Wildman–Crippen LogP) is 4.07. The van der Waals surface area contributed by atoms with Crippen LogP contribution < -0.4 is 4.74 Å². The van der Waals surface area contributed by atoms with Crippen LogP contribution in [0.25, 0.3) is 10.8 Å². The molecule has 5 rings (SSSR count). The minimum absolute atomic E-state index is 0.173. The first-order chi connectivity index (χ1) is 14.6. The molecule has 0 aromatic carbocycles. The lowest BCUT2D eigenvalue weighted by Gasteiger charge is -2.35. The Labute approximate surface area is 180 Å². The third kappa shape index (κ3) is 3.89. The van der Waals surface area contributed by atoms with E-state index in [1.165, 1.54) is 0 Å². The number of aliphatic hydroxyl groups excluding tert-OH is 1. The Hall–Kier alpha value is -2.22. The number of pyridine rings is 1. The Morgan fingerprint density at radius 3 is 2.80 bits per heavy atom. The first-order valence-electron chi connectivity index (χ1n) is 10.6. The average molecular weight is 426 g/mol. The van der Waals surface area contributed by atoms with Crippen molar-refractivity contribution in [2.75, 3.05) is 13.1 Å². The highest BCUT2D eigenvalue weighted by Crippen LogP contribution is 2.39. The van der Waals surface area contributed by atoms with Gasteiger partial charge in [-0.15, -0.1) is 11.3 Å². The van der Waals surface area contributed by atoms with Crippen LogP contribution in [0, 0.1) is 25.7 Å². The van der Waals surface area contributed by atoms with Crippen LogP contribution in [0.3, 0.4) is 0 Å². The number of aliphatic hydroxyl groups is 1. The molecular weight excluding hydrogens is 398 g/mol. The molecule has 2 fully saturated rings. The lowest BCUT2D eigenvalue weighted by Crippen LogP contribution is -2.42. The molecule has 30 heavy (non-hydrogen) atoms. The molecule has 2 aliphatic rings. The van der Waals surface area contributed by atoms with Gasteiger partial charge in [0.2, 0.25) is 5.89 Å². The van der Waals surface area contributed by atoms with E-state index in [0.717, 1.165) is 60.3 Å². The Bertz CT molecular complexity index is 1000. The van der Waals surface area contributed by atoms with Crippen LogP contribution in [0.15, 0.2) is 40.3 Å². The molecule has 4 atom stereocenters. The third-order valence-corrected chi connectivity index (χ3v) is 7.25. The second kappa shape index (κ2) is 8.13. The molecule has 1 aliphatic heterocycles. The molecule has 0 spiro atoms. The first-order valence-corrected chi connectivity index (χ1v) is 11.4. The zero-order valence-electron chi connectivity index (χ0n) is 17.3. The van der Waals surface area contributed by atoms with E-state index in [9.17, 15) is 5.11 Å². The number of oxazole rings is 1. The SMILES string of the molecule is Cc1ncccc1O[C@@H]1C[C@@H]2CN(Cc3nc(-c4cccs4)oc3C)C[C@@H]2C[C@H]1O. The number of aryl methyl sites for hydroxylation is 2. The van der Waals surface area contributed by atoms with Crippen LogP contribution in [-0.4, -0.2) is 45.3 Å². The van der Waals surface area contributed by atoms with E-state index in [0.29, 0.717) is 17.7 Å². The predicted molar refractivity (Wildman–Crippen MR) is 115 cm³/mol. The molecule has 1 saturated heterocycles. The smallest absolute Gasteiger partial charge is 0.236 e. The van der Waals surface area contributed by atoms with Gasteiger partial charge in [0, 0.05) is 25.8 Å². The van der Waals surface area contributed by atoms with Crippen molar-refractivity contribution < 1.29 is 14.3 Å². The second-order valence-electron chi connectivity index (χ2n) is 8.50. The Kier molecular flexibility index (Phi) is 5.35. The second-order valence-corrected chi connectivity index (χ2v) is 9.44. The fourth-order valence-electron chi connectivity index (χ4n) is 4.79. The zero-order chi connectivity index (χ0) is 20.7. The van der Waals surface area contributed by atoms with Gasteiger partial charge in [-0.25, -0.2) is 4.98 Å². The maximum atomic E-state index is 10.7. The maximum Gasteiger partial charge on any atom is 0.236 e. The Balaban J connectivity index is 1.24. The molecule has 1 aliphatic carbocycles. The number of rotatable bonds is 5. The summed E-state index contributed by atoms with van der Waals surface area (Å²) in [5.74, 6) is 3.40. The monoisotopic (exact) mass is 425 g/mol. The summed E-state index contributed by atoms with van der Waals surface area (Å²) < 4.78 is 12.1. The van der Waals surface area contributed by atoms with Crippen LogP contribution in [0.1, 0.15) is 30.0 Å². The molecule has 0 amide bonds. The van der Waals surface area contributed by atoms with Crippen molar-refractivity contribution >= 4 is 11.3 Å². The number of ether oxygens (including phenoxy) is 1. The molecule has 158 valence electrons. The van der Waals surface area contributed by atoms with E-state index in [1.807, 2.05) is 43.5 Å². The van der Waals surface area contributed by atoms with Gasteiger partial charge in [-0.2, -0.15) is 0 Å². The molecule has 0 bridgehead atoms. The van der Waals surface area contributed by atoms with Gasteiger partial charge in [-0.3, -0.25) is 9.88 Å². The first kappa shape index (κ1) is 19.7. The summed E-state index contributed by atoms with van der Waals surface area (Å²) in [7, 11) is 0. The summed E-state index contributed by atoms with van der Waals surface area (Å²) in [6.45, 7) is 6.71. The number of hydrogen-bond donors (Lipinski definition) is 1. The molecule has 3 aromatic rings. The van der Waals surface area contributed by atoms with Crippen molar-refractivity contribution in [1.82, 2.24) is 14.9 Å². The van der Waals surface area contributed by atoms with Gasteiger partial charge in [-0.1, -0.05) is 6.07 Å². The van der Waals surface area contributed by atoms with Crippen molar-refractivity contribution in [3.63, 3.8) is 0 Å². The number of likely N-dealkylation sites (tertiary alicyclic amines) is 1. The van der Waals surface area contributed by atoms with Crippen molar-refractivity contribution in [2.45, 2.75) is 45.4 Å².